The maximum Gasteiger partial charge on any atom is 0.541 e. The van der Waals surface area contributed by atoms with Gasteiger partial charge < -0.3 is 19.7 Å². The Morgan fingerprint density at radius 2 is 1.10 bits per heavy atom. The van der Waals surface area contributed by atoms with E-state index in [1.807, 2.05) is 0 Å². The van der Waals surface area contributed by atoms with Crippen molar-refractivity contribution in [3.8, 4) is 0 Å². The third kappa shape index (κ3) is 19.7. The first kappa shape index (κ1) is 28.4. The normalized spacial score (nSPS) is 12.4. The summed E-state index contributed by atoms with van der Waals surface area (Å²) in [6, 6.07) is 0. The quantitative estimate of drug-likeness (QED) is 0.139. The Morgan fingerprint density at radius 3 is 1.60 bits per heavy atom. The zero-order chi connectivity index (χ0) is 23.3. The van der Waals surface area contributed by atoms with Crippen molar-refractivity contribution < 1.29 is 48.8 Å². The average Bonchev–Trinajstić information content (AvgIpc) is 2.55. The minimum Gasteiger partial charge on any atom is -0.427 e. The summed E-state index contributed by atoms with van der Waals surface area (Å²) in [5, 5.41) is 19.3. The molecule has 10 nitrogen and oxygen atoms in total. The Morgan fingerprint density at radius 1 is 0.667 bits per heavy atom. The number of carbonyl (C=O) groups is 2. The molecule has 0 radical (unpaired) electrons. The average molecular weight is 439 g/mol. The number of hydrogen-bond acceptors (Lipinski definition) is 10. The van der Waals surface area contributed by atoms with Crippen LogP contribution in [0.15, 0.2) is 0 Å². The van der Waals surface area contributed by atoms with E-state index >= 15 is 0 Å². The van der Waals surface area contributed by atoms with Crippen LogP contribution < -0.4 is 0 Å². The minimum absolute atomic E-state index is 0.106. The maximum absolute atomic E-state index is 11.3. The topological polar surface area (TPSA) is 130 Å². The predicted molar refractivity (Wildman–Crippen MR) is 106 cm³/mol. The molecular formula is C20H38O10. The van der Waals surface area contributed by atoms with Gasteiger partial charge in [0, 0.05) is 6.42 Å². The lowest BCUT2D eigenvalue weighted by molar-refractivity contribution is -0.469. The fourth-order valence-electron chi connectivity index (χ4n) is 2.17. The van der Waals surface area contributed by atoms with Crippen molar-refractivity contribution in [1.29, 1.82) is 0 Å². The SMILES string of the molecule is CC(C)(C)OC(=O)OOCCCCCCCCCC(O)(O)OOC(=O)OC(C)(C)C. The third-order valence-electron chi connectivity index (χ3n) is 3.38. The molecule has 0 aromatic heterocycles. The van der Waals surface area contributed by atoms with Crippen molar-refractivity contribution in [3.05, 3.63) is 0 Å². The summed E-state index contributed by atoms with van der Waals surface area (Å²) in [4.78, 5) is 40.5. The molecule has 0 aliphatic heterocycles. The molecule has 0 saturated heterocycles. The molecular weight excluding hydrogens is 400 g/mol. The highest BCUT2D eigenvalue weighted by atomic mass is 17.3. The Hall–Kier alpha value is -1.62. The van der Waals surface area contributed by atoms with Crippen LogP contribution in [0, 0.1) is 0 Å². The summed E-state index contributed by atoms with van der Waals surface area (Å²) in [6.45, 7) is 10.4. The van der Waals surface area contributed by atoms with Gasteiger partial charge in [-0.1, -0.05) is 32.1 Å². The predicted octanol–water partition coefficient (Wildman–Crippen LogP) is 4.51. The molecule has 0 aliphatic rings. The van der Waals surface area contributed by atoms with Crippen LogP contribution in [0.2, 0.25) is 0 Å². The molecule has 0 heterocycles. The summed E-state index contributed by atoms with van der Waals surface area (Å²) >= 11 is 0. The van der Waals surface area contributed by atoms with Gasteiger partial charge in [0.15, 0.2) is 0 Å². The zero-order valence-electron chi connectivity index (χ0n) is 19.0. The number of aliphatic hydroxyl groups is 2. The first-order valence-corrected chi connectivity index (χ1v) is 10.3. The van der Waals surface area contributed by atoms with Crippen LogP contribution in [0.3, 0.4) is 0 Å². The van der Waals surface area contributed by atoms with Crippen LogP contribution >= 0.6 is 0 Å². The van der Waals surface area contributed by atoms with Crippen molar-refractivity contribution in [3.63, 3.8) is 0 Å². The number of carbonyl (C=O) groups excluding carboxylic acids is 2. The summed E-state index contributed by atoms with van der Waals surface area (Å²) in [7, 11) is 0. The molecule has 0 spiro atoms. The standard InChI is InChI=1S/C20H38O10/c1-18(2,3)26-16(21)28-25-15-13-11-9-7-8-10-12-14-20(23,24)30-29-17(22)27-19(4,5)6/h23-24H,7-15H2,1-6H3. The molecule has 0 aromatic rings. The smallest absolute Gasteiger partial charge is 0.427 e. The fourth-order valence-corrected chi connectivity index (χ4v) is 2.17. The Bertz CT molecular complexity index is 491. The second-order valence-electron chi connectivity index (χ2n) is 8.97. The van der Waals surface area contributed by atoms with E-state index in [0.717, 1.165) is 38.5 Å². The van der Waals surface area contributed by atoms with Crippen molar-refractivity contribution >= 4 is 12.3 Å². The molecule has 0 fully saturated rings. The lowest BCUT2D eigenvalue weighted by atomic mass is 10.1. The third-order valence-corrected chi connectivity index (χ3v) is 3.38. The van der Waals surface area contributed by atoms with Crippen LogP contribution in [0.1, 0.15) is 92.9 Å². The monoisotopic (exact) mass is 438 g/mol. The van der Waals surface area contributed by atoms with Crippen molar-refractivity contribution in [2.45, 2.75) is 110 Å². The van der Waals surface area contributed by atoms with Crippen LogP contribution in [0.25, 0.3) is 0 Å². The van der Waals surface area contributed by atoms with Crippen molar-refractivity contribution in [1.82, 2.24) is 0 Å². The number of hydrogen-bond donors (Lipinski definition) is 2. The van der Waals surface area contributed by atoms with E-state index in [0.29, 0.717) is 13.0 Å². The van der Waals surface area contributed by atoms with Gasteiger partial charge in [0.25, 0.3) is 0 Å². The maximum atomic E-state index is 11.3. The van der Waals surface area contributed by atoms with Gasteiger partial charge in [-0.15, -0.1) is 4.89 Å². The minimum atomic E-state index is -2.55. The highest BCUT2D eigenvalue weighted by Gasteiger charge is 2.29. The summed E-state index contributed by atoms with van der Waals surface area (Å²) in [5.74, 6) is -2.55. The molecule has 178 valence electrons. The lowest BCUT2D eigenvalue weighted by Gasteiger charge is -2.22. The van der Waals surface area contributed by atoms with Gasteiger partial charge >= 0.3 is 18.3 Å². The summed E-state index contributed by atoms with van der Waals surface area (Å²) < 4.78 is 9.75. The zero-order valence-corrected chi connectivity index (χ0v) is 19.0. The van der Waals surface area contributed by atoms with Gasteiger partial charge in [-0.25, -0.2) is 9.59 Å². The Balaban J connectivity index is 3.58. The van der Waals surface area contributed by atoms with E-state index in [4.69, 9.17) is 14.4 Å². The molecule has 0 unspecified atom stereocenters. The van der Waals surface area contributed by atoms with E-state index < -0.39 is 29.5 Å². The van der Waals surface area contributed by atoms with Crippen LogP contribution in [-0.2, 0) is 29.0 Å². The molecule has 30 heavy (non-hydrogen) atoms. The van der Waals surface area contributed by atoms with Gasteiger partial charge in [0.05, 0.1) is 6.61 Å². The Labute approximate surface area is 178 Å². The molecule has 0 aromatic carbocycles. The second-order valence-corrected chi connectivity index (χ2v) is 8.97. The molecule has 0 atom stereocenters. The molecule has 0 saturated carbocycles. The van der Waals surface area contributed by atoms with Gasteiger partial charge in [-0.3, -0.25) is 9.78 Å². The summed E-state index contributed by atoms with van der Waals surface area (Å²) in [6.07, 6.45) is 3.63. The fraction of sp³-hybridized carbons (Fsp3) is 0.900. The van der Waals surface area contributed by atoms with E-state index in [2.05, 4.69) is 14.7 Å². The lowest BCUT2D eigenvalue weighted by Crippen LogP contribution is -2.34. The molecule has 0 amide bonds. The second kappa shape index (κ2) is 13.6. The number of rotatable bonds is 13. The van der Waals surface area contributed by atoms with E-state index in [1.54, 1.807) is 41.5 Å². The molecule has 0 aliphatic carbocycles. The van der Waals surface area contributed by atoms with Crippen LogP contribution in [0.5, 0.6) is 0 Å². The highest BCUT2D eigenvalue weighted by Crippen LogP contribution is 2.17. The molecule has 0 bridgehead atoms. The number of ether oxygens (including phenoxy) is 2. The molecule has 10 heteroatoms. The van der Waals surface area contributed by atoms with E-state index in [-0.39, 0.29) is 6.42 Å². The van der Waals surface area contributed by atoms with Crippen molar-refractivity contribution in [2.24, 2.45) is 0 Å². The van der Waals surface area contributed by atoms with Crippen LogP contribution in [-0.4, -0.2) is 46.3 Å². The van der Waals surface area contributed by atoms with Gasteiger partial charge in [-0.2, -0.15) is 4.89 Å². The van der Waals surface area contributed by atoms with Crippen LogP contribution in [0.4, 0.5) is 9.59 Å². The van der Waals surface area contributed by atoms with Gasteiger partial charge in [-0.05, 0) is 54.4 Å². The molecule has 2 N–H and O–H groups in total. The number of unbranched alkanes of at least 4 members (excludes halogenated alkanes) is 6. The van der Waals surface area contributed by atoms with Gasteiger partial charge in [0.1, 0.15) is 11.2 Å². The first-order chi connectivity index (χ1) is 13.7. The Kier molecular flexibility index (Phi) is 12.9. The highest BCUT2D eigenvalue weighted by molar-refractivity contribution is 5.59. The molecule has 0 rings (SSSR count). The first-order valence-electron chi connectivity index (χ1n) is 10.3. The van der Waals surface area contributed by atoms with E-state index in [9.17, 15) is 19.8 Å². The van der Waals surface area contributed by atoms with E-state index in [1.165, 1.54) is 0 Å². The summed E-state index contributed by atoms with van der Waals surface area (Å²) in [5.41, 5.74) is -1.39. The van der Waals surface area contributed by atoms with Crippen molar-refractivity contribution in [2.75, 3.05) is 6.61 Å². The van der Waals surface area contributed by atoms with Gasteiger partial charge in [0.2, 0.25) is 0 Å². The largest absolute Gasteiger partial charge is 0.541 e.